The monoisotopic (exact) mass is 529 g/mol. The number of alkyl halides is 3. The number of benzene rings is 2. The number of hydrogen-bond donors (Lipinski definition) is 0. The van der Waals surface area contributed by atoms with Crippen LogP contribution in [-0.4, -0.2) is 48.9 Å². The van der Waals surface area contributed by atoms with Crippen LogP contribution in [0.2, 0.25) is 0 Å². The van der Waals surface area contributed by atoms with Gasteiger partial charge in [0.05, 0.1) is 17.2 Å². The zero-order valence-corrected chi connectivity index (χ0v) is 22.1. The van der Waals surface area contributed by atoms with Gasteiger partial charge in [-0.25, -0.2) is 4.79 Å². The summed E-state index contributed by atoms with van der Waals surface area (Å²) in [5, 5.41) is 9.03. The molecule has 0 bridgehead atoms. The third kappa shape index (κ3) is 6.91. The normalized spacial score (nSPS) is 17.7. The molecular weight excluding hydrogens is 495 g/mol. The number of likely N-dealkylation sites (tertiary alicyclic amines) is 1. The lowest BCUT2D eigenvalue weighted by Gasteiger charge is -2.34. The van der Waals surface area contributed by atoms with Gasteiger partial charge in [0, 0.05) is 44.7 Å². The van der Waals surface area contributed by atoms with Gasteiger partial charge in [-0.3, -0.25) is 0 Å². The van der Waals surface area contributed by atoms with Gasteiger partial charge in [-0.1, -0.05) is 12.1 Å². The van der Waals surface area contributed by atoms with Gasteiger partial charge in [0.15, 0.2) is 0 Å². The van der Waals surface area contributed by atoms with E-state index in [0.717, 1.165) is 37.5 Å². The number of hydrogen-bond acceptors (Lipinski definition) is 5. The molecule has 2 fully saturated rings. The van der Waals surface area contributed by atoms with Crippen molar-refractivity contribution in [2.24, 2.45) is 0 Å². The zero-order chi connectivity index (χ0) is 27.5. The molecule has 2 heterocycles. The number of rotatable bonds is 4. The first-order valence-electron chi connectivity index (χ1n) is 13.0. The summed E-state index contributed by atoms with van der Waals surface area (Å²) < 4.78 is 51.7. The fourth-order valence-corrected chi connectivity index (χ4v) is 5.03. The van der Waals surface area contributed by atoms with Crippen LogP contribution in [0.25, 0.3) is 0 Å². The van der Waals surface area contributed by atoms with Crippen molar-refractivity contribution in [1.82, 2.24) is 4.90 Å². The van der Waals surface area contributed by atoms with Gasteiger partial charge in [0.1, 0.15) is 17.5 Å². The number of nitrogens with zero attached hydrogens (tertiary/aromatic N) is 3. The molecular formula is C29H34F3N3O3. The molecule has 0 aliphatic carbocycles. The first-order valence-corrected chi connectivity index (χ1v) is 13.0. The third-order valence-corrected chi connectivity index (χ3v) is 7.04. The minimum Gasteiger partial charge on any atom is -0.490 e. The van der Waals surface area contributed by atoms with Crippen LogP contribution in [-0.2, 0) is 10.9 Å². The molecule has 0 atom stereocenters. The second kappa shape index (κ2) is 11.1. The van der Waals surface area contributed by atoms with E-state index in [0.29, 0.717) is 37.8 Å². The minimum atomic E-state index is -4.56. The second-order valence-corrected chi connectivity index (χ2v) is 11.0. The van der Waals surface area contributed by atoms with Crippen molar-refractivity contribution in [2.45, 2.75) is 70.3 Å². The average molecular weight is 530 g/mol. The predicted molar refractivity (Wildman–Crippen MR) is 138 cm³/mol. The number of anilines is 1. The van der Waals surface area contributed by atoms with Crippen LogP contribution in [0, 0.1) is 11.3 Å². The van der Waals surface area contributed by atoms with Gasteiger partial charge in [-0.2, -0.15) is 18.4 Å². The number of amides is 1. The maximum atomic E-state index is 13.3. The Hall–Kier alpha value is -3.41. The molecule has 4 rings (SSSR count). The lowest BCUT2D eigenvalue weighted by molar-refractivity contribution is -0.137. The fraction of sp³-hybridized carbons (Fsp3) is 0.517. The van der Waals surface area contributed by atoms with E-state index < -0.39 is 17.3 Å². The van der Waals surface area contributed by atoms with E-state index in [1.54, 1.807) is 17.0 Å². The summed E-state index contributed by atoms with van der Waals surface area (Å²) in [6.07, 6.45) is -1.67. The van der Waals surface area contributed by atoms with Crippen LogP contribution in [0.4, 0.5) is 23.7 Å². The van der Waals surface area contributed by atoms with Crippen molar-refractivity contribution in [1.29, 1.82) is 5.26 Å². The Kier molecular flexibility index (Phi) is 8.10. The summed E-state index contributed by atoms with van der Waals surface area (Å²) in [4.78, 5) is 15.9. The molecule has 2 aliphatic heterocycles. The topological polar surface area (TPSA) is 65.8 Å². The first-order chi connectivity index (χ1) is 17.9. The van der Waals surface area contributed by atoms with Crippen LogP contribution in [0.15, 0.2) is 42.5 Å². The molecule has 2 aliphatic rings. The van der Waals surface area contributed by atoms with Crippen molar-refractivity contribution in [3.63, 3.8) is 0 Å². The second-order valence-electron chi connectivity index (χ2n) is 11.0. The number of ether oxygens (including phenoxy) is 2. The number of piperidine rings is 2. The van der Waals surface area contributed by atoms with E-state index in [1.165, 1.54) is 11.6 Å². The van der Waals surface area contributed by atoms with E-state index in [-0.39, 0.29) is 17.8 Å². The van der Waals surface area contributed by atoms with E-state index in [2.05, 4.69) is 12.1 Å². The highest BCUT2D eigenvalue weighted by Gasteiger charge is 2.34. The highest BCUT2D eigenvalue weighted by Crippen LogP contribution is 2.37. The van der Waals surface area contributed by atoms with Gasteiger partial charge in [0.25, 0.3) is 0 Å². The molecule has 0 spiro atoms. The molecule has 0 unspecified atom stereocenters. The van der Waals surface area contributed by atoms with Crippen molar-refractivity contribution >= 4 is 11.8 Å². The van der Waals surface area contributed by atoms with E-state index in [9.17, 15) is 18.0 Å². The maximum absolute atomic E-state index is 13.3. The fourth-order valence-electron chi connectivity index (χ4n) is 5.03. The Bertz CT molecular complexity index is 1150. The zero-order valence-electron chi connectivity index (χ0n) is 22.1. The maximum Gasteiger partial charge on any atom is 0.417 e. The number of carbonyl (C=O) groups is 1. The molecule has 38 heavy (non-hydrogen) atoms. The molecule has 0 saturated carbocycles. The molecule has 2 saturated heterocycles. The van der Waals surface area contributed by atoms with Gasteiger partial charge >= 0.3 is 12.3 Å². The molecule has 204 valence electrons. The van der Waals surface area contributed by atoms with E-state index >= 15 is 0 Å². The minimum absolute atomic E-state index is 0.0387. The molecule has 2 aromatic carbocycles. The highest BCUT2D eigenvalue weighted by molar-refractivity contribution is 5.68. The Balaban J connectivity index is 1.28. The van der Waals surface area contributed by atoms with Crippen LogP contribution in [0.1, 0.15) is 69.1 Å². The van der Waals surface area contributed by atoms with Crippen molar-refractivity contribution in [3.05, 3.63) is 59.2 Å². The van der Waals surface area contributed by atoms with Crippen molar-refractivity contribution in [3.8, 4) is 11.8 Å². The molecule has 0 radical (unpaired) electrons. The van der Waals surface area contributed by atoms with E-state index in [4.69, 9.17) is 14.7 Å². The third-order valence-electron chi connectivity index (χ3n) is 7.04. The number of nitriles is 1. The summed E-state index contributed by atoms with van der Waals surface area (Å²) in [5.74, 6) is 1.11. The Morgan fingerprint density at radius 3 is 2.13 bits per heavy atom. The van der Waals surface area contributed by atoms with Crippen LogP contribution >= 0.6 is 0 Å². The lowest BCUT2D eigenvalue weighted by Crippen LogP contribution is -2.44. The summed E-state index contributed by atoms with van der Waals surface area (Å²) >= 11 is 0. The number of carbonyl (C=O) groups excluding carboxylic acids is 1. The van der Waals surface area contributed by atoms with Gasteiger partial charge < -0.3 is 19.3 Å². The molecule has 2 aromatic rings. The van der Waals surface area contributed by atoms with Gasteiger partial charge in [-0.05, 0) is 75.4 Å². The quantitative estimate of drug-likeness (QED) is 0.439. The first kappa shape index (κ1) is 27.6. The standard InChI is InChI=1S/C29H34F3N3O3/c1-28(2,3)38-27(36)35-16-12-25(13-17-35)37-24-8-5-20(6-9-24)21-10-14-34(15-11-21)23-7-4-22(19-33)26(18-23)29(30,31)32/h4-9,18,21,25H,10-17H2,1-3H3. The van der Waals surface area contributed by atoms with Crippen molar-refractivity contribution < 1.29 is 27.4 Å². The van der Waals surface area contributed by atoms with Crippen LogP contribution in [0.5, 0.6) is 5.75 Å². The smallest absolute Gasteiger partial charge is 0.417 e. The average Bonchev–Trinajstić information content (AvgIpc) is 2.88. The summed E-state index contributed by atoms with van der Waals surface area (Å²) in [6, 6.07) is 13.6. The Labute approximate surface area is 221 Å². The molecule has 0 aromatic heterocycles. The molecule has 0 N–H and O–H groups in total. The van der Waals surface area contributed by atoms with E-state index in [1.807, 2.05) is 37.8 Å². The Morgan fingerprint density at radius 2 is 1.58 bits per heavy atom. The number of halogens is 3. The van der Waals surface area contributed by atoms with Gasteiger partial charge in [0.2, 0.25) is 0 Å². The van der Waals surface area contributed by atoms with Crippen molar-refractivity contribution in [2.75, 3.05) is 31.1 Å². The van der Waals surface area contributed by atoms with Crippen LogP contribution < -0.4 is 9.64 Å². The summed E-state index contributed by atoms with van der Waals surface area (Å²) in [5.41, 5.74) is -0.0649. The predicted octanol–water partition coefficient (Wildman–Crippen LogP) is 6.74. The molecule has 1 amide bonds. The lowest BCUT2D eigenvalue weighted by atomic mass is 9.89. The molecule has 9 heteroatoms. The largest absolute Gasteiger partial charge is 0.490 e. The summed E-state index contributed by atoms with van der Waals surface area (Å²) in [6.45, 7) is 8.05. The molecule has 6 nitrogen and oxygen atoms in total. The van der Waals surface area contributed by atoms with Gasteiger partial charge in [-0.15, -0.1) is 0 Å². The van der Waals surface area contributed by atoms with Crippen LogP contribution in [0.3, 0.4) is 0 Å². The SMILES string of the molecule is CC(C)(C)OC(=O)N1CCC(Oc2ccc(C3CCN(c4ccc(C#N)c(C(F)(F)F)c4)CC3)cc2)CC1. The Morgan fingerprint density at radius 1 is 0.947 bits per heavy atom. The highest BCUT2D eigenvalue weighted by atomic mass is 19.4. The summed E-state index contributed by atoms with van der Waals surface area (Å²) in [7, 11) is 0.